The molecule has 5 nitrogen and oxygen atoms in total. The Morgan fingerprint density at radius 1 is 1.04 bits per heavy atom. The van der Waals surface area contributed by atoms with Crippen LogP contribution < -0.4 is 0 Å². The first-order chi connectivity index (χ1) is 12.9. The van der Waals surface area contributed by atoms with Crippen LogP contribution in [0.1, 0.15) is 77.0 Å². The number of nitriles is 1. The summed E-state index contributed by atoms with van der Waals surface area (Å²) in [6.45, 7) is -0.231. The van der Waals surface area contributed by atoms with Crippen molar-refractivity contribution in [2.75, 3.05) is 13.7 Å². The zero-order valence-electron chi connectivity index (χ0n) is 16.5. The van der Waals surface area contributed by atoms with Gasteiger partial charge in [-0.2, -0.15) is 5.26 Å². The molecule has 0 N–H and O–H groups in total. The Hall–Kier alpha value is -1.57. The molecule has 0 aromatic rings. The third kappa shape index (κ3) is 3.60. The maximum absolute atomic E-state index is 12.6. The van der Waals surface area contributed by atoms with E-state index < -0.39 is 5.54 Å². The summed E-state index contributed by atoms with van der Waals surface area (Å²) in [7, 11) is 1.68. The molecule has 148 valence electrons. The van der Waals surface area contributed by atoms with E-state index in [1.54, 1.807) is 7.05 Å². The van der Waals surface area contributed by atoms with Crippen molar-refractivity contribution in [3.63, 3.8) is 0 Å². The highest BCUT2D eigenvalue weighted by Crippen LogP contribution is 2.61. The molecule has 5 fully saturated rings. The summed E-state index contributed by atoms with van der Waals surface area (Å²) in [6, 6.07) is 2.35. The van der Waals surface area contributed by atoms with E-state index in [1.165, 1.54) is 43.4 Å². The second kappa shape index (κ2) is 7.11. The first kappa shape index (κ1) is 18.8. The van der Waals surface area contributed by atoms with E-state index >= 15 is 0 Å². The topological polar surface area (TPSA) is 70.4 Å². The Balaban J connectivity index is 1.30. The molecule has 0 spiro atoms. The SMILES string of the molecule is CN(C(=O)COC(=O)CC12CC3CC(CC(C3)C1)C2)C1(C#N)CCCCC1. The van der Waals surface area contributed by atoms with Crippen LogP contribution in [-0.2, 0) is 14.3 Å². The average Bonchev–Trinajstić information content (AvgIpc) is 2.64. The lowest BCUT2D eigenvalue weighted by Gasteiger charge is -2.56. The van der Waals surface area contributed by atoms with Crippen molar-refractivity contribution in [2.24, 2.45) is 23.2 Å². The number of esters is 1. The first-order valence-corrected chi connectivity index (χ1v) is 10.8. The van der Waals surface area contributed by atoms with Crippen LogP contribution >= 0.6 is 0 Å². The third-order valence-electron chi connectivity index (χ3n) is 7.95. The van der Waals surface area contributed by atoms with Gasteiger partial charge in [-0.1, -0.05) is 19.3 Å². The fourth-order valence-corrected chi connectivity index (χ4v) is 7.00. The van der Waals surface area contributed by atoms with Crippen LogP contribution in [0.5, 0.6) is 0 Å². The Morgan fingerprint density at radius 2 is 1.59 bits per heavy atom. The molecular formula is C22H32N2O3. The Bertz CT molecular complexity index is 609. The minimum Gasteiger partial charge on any atom is -0.456 e. The van der Waals surface area contributed by atoms with E-state index in [0.717, 1.165) is 37.0 Å². The number of hydrogen-bond donors (Lipinski definition) is 0. The van der Waals surface area contributed by atoms with Crippen LogP contribution in [0.25, 0.3) is 0 Å². The number of hydrogen-bond acceptors (Lipinski definition) is 4. The second-order valence-electron chi connectivity index (χ2n) is 9.91. The van der Waals surface area contributed by atoms with Gasteiger partial charge in [-0.15, -0.1) is 0 Å². The number of amides is 1. The van der Waals surface area contributed by atoms with Gasteiger partial charge in [-0.05, 0) is 74.5 Å². The maximum atomic E-state index is 12.6. The lowest BCUT2D eigenvalue weighted by molar-refractivity contribution is -0.159. The van der Waals surface area contributed by atoms with E-state index in [1.807, 2.05) is 0 Å². The fourth-order valence-electron chi connectivity index (χ4n) is 7.00. The summed E-state index contributed by atoms with van der Waals surface area (Å²) in [5.74, 6) is 1.93. The molecule has 5 heteroatoms. The van der Waals surface area contributed by atoms with Crippen LogP contribution in [0.3, 0.4) is 0 Å². The zero-order chi connectivity index (χ0) is 19.1. The Morgan fingerprint density at radius 3 is 2.11 bits per heavy atom. The van der Waals surface area contributed by atoms with Gasteiger partial charge in [0.15, 0.2) is 6.61 Å². The predicted octanol–water partition coefficient (Wildman–Crippen LogP) is 3.82. The number of nitrogens with zero attached hydrogens (tertiary/aromatic N) is 2. The smallest absolute Gasteiger partial charge is 0.306 e. The van der Waals surface area contributed by atoms with Gasteiger partial charge in [0.2, 0.25) is 0 Å². The standard InChI is InChI=1S/C22H32N2O3/c1-24(22(15-23)5-3-2-4-6-22)19(25)14-27-20(26)13-21-10-16-7-17(11-21)9-18(8-16)12-21/h16-18H,2-14H2,1H3. The monoisotopic (exact) mass is 372 g/mol. The highest BCUT2D eigenvalue weighted by Gasteiger charge is 2.51. The summed E-state index contributed by atoms with van der Waals surface area (Å²) in [5.41, 5.74) is -0.584. The van der Waals surface area contributed by atoms with Gasteiger partial charge in [-0.3, -0.25) is 9.59 Å². The lowest BCUT2D eigenvalue weighted by Crippen LogP contribution is -2.51. The van der Waals surface area contributed by atoms with Gasteiger partial charge in [0.1, 0.15) is 5.54 Å². The molecule has 0 saturated heterocycles. The van der Waals surface area contributed by atoms with Crippen LogP contribution in [0.15, 0.2) is 0 Å². The maximum Gasteiger partial charge on any atom is 0.306 e. The van der Waals surface area contributed by atoms with Crippen molar-refractivity contribution in [1.29, 1.82) is 5.26 Å². The second-order valence-corrected chi connectivity index (χ2v) is 9.91. The van der Waals surface area contributed by atoms with E-state index in [4.69, 9.17) is 4.74 Å². The van der Waals surface area contributed by atoms with Crippen LogP contribution in [0, 0.1) is 34.5 Å². The molecule has 0 aromatic carbocycles. The van der Waals surface area contributed by atoms with Gasteiger partial charge in [0, 0.05) is 7.05 Å². The molecule has 5 aliphatic carbocycles. The van der Waals surface area contributed by atoms with E-state index in [0.29, 0.717) is 19.3 Å². The molecule has 5 saturated carbocycles. The zero-order valence-corrected chi connectivity index (χ0v) is 16.5. The summed E-state index contributed by atoms with van der Waals surface area (Å²) < 4.78 is 5.40. The highest BCUT2D eigenvalue weighted by atomic mass is 16.5. The molecule has 4 bridgehead atoms. The van der Waals surface area contributed by atoms with Gasteiger partial charge >= 0.3 is 5.97 Å². The van der Waals surface area contributed by atoms with Gasteiger partial charge < -0.3 is 9.64 Å². The van der Waals surface area contributed by atoms with Crippen molar-refractivity contribution < 1.29 is 14.3 Å². The van der Waals surface area contributed by atoms with E-state index in [2.05, 4.69) is 6.07 Å². The fraction of sp³-hybridized carbons (Fsp3) is 0.864. The van der Waals surface area contributed by atoms with Gasteiger partial charge in [0.05, 0.1) is 12.5 Å². The van der Waals surface area contributed by atoms with Crippen molar-refractivity contribution in [2.45, 2.75) is 82.6 Å². The van der Waals surface area contributed by atoms with Crippen molar-refractivity contribution in [1.82, 2.24) is 4.90 Å². The molecule has 5 aliphatic rings. The summed E-state index contributed by atoms with van der Waals surface area (Å²) in [4.78, 5) is 26.6. The number of likely N-dealkylation sites (N-methyl/N-ethyl adjacent to an activating group) is 1. The van der Waals surface area contributed by atoms with Crippen molar-refractivity contribution >= 4 is 11.9 Å². The number of ether oxygens (including phenoxy) is 1. The highest BCUT2D eigenvalue weighted by molar-refractivity contribution is 5.81. The minimum atomic E-state index is -0.721. The van der Waals surface area contributed by atoms with Crippen molar-refractivity contribution in [3.8, 4) is 6.07 Å². The molecule has 0 radical (unpaired) electrons. The molecular weight excluding hydrogens is 340 g/mol. The Kier molecular flexibility index (Phi) is 4.94. The molecule has 0 atom stereocenters. The normalized spacial score (nSPS) is 36.1. The Labute approximate surface area is 162 Å². The molecule has 0 aromatic heterocycles. The predicted molar refractivity (Wildman–Crippen MR) is 100 cm³/mol. The largest absolute Gasteiger partial charge is 0.456 e. The number of carbonyl (C=O) groups is 2. The van der Waals surface area contributed by atoms with Gasteiger partial charge in [-0.25, -0.2) is 0 Å². The molecule has 0 unspecified atom stereocenters. The number of rotatable bonds is 5. The number of carbonyl (C=O) groups excluding carboxylic acids is 2. The van der Waals surface area contributed by atoms with Crippen molar-refractivity contribution in [3.05, 3.63) is 0 Å². The third-order valence-corrected chi connectivity index (χ3v) is 7.95. The summed E-state index contributed by atoms with van der Waals surface area (Å²) in [5, 5.41) is 9.63. The molecule has 0 heterocycles. The quantitative estimate of drug-likeness (QED) is 0.688. The van der Waals surface area contributed by atoms with Crippen LogP contribution in [0.4, 0.5) is 0 Å². The van der Waals surface area contributed by atoms with E-state index in [-0.39, 0.29) is 23.9 Å². The van der Waals surface area contributed by atoms with E-state index in [9.17, 15) is 14.9 Å². The minimum absolute atomic E-state index is 0.137. The summed E-state index contributed by atoms with van der Waals surface area (Å²) in [6.07, 6.45) is 12.5. The molecule has 1 amide bonds. The molecule has 5 rings (SSSR count). The van der Waals surface area contributed by atoms with Crippen LogP contribution in [0.2, 0.25) is 0 Å². The molecule has 27 heavy (non-hydrogen) atoms. The van der Waals surface area contributed by atoms with Gasteiger partial charge in [0.25, 0.3) is 5.91 Å². The lowest BCUT2D eigenvalue weighted by atomic mass is 9.49. The molecule has 0 aliphatic heterocycles. The summed E-state index contributed by atoms with van der Waals surface area (Å²) >= 11 is 0. The average molecular weight is 373 g/mol. The first-order valence-electron chi connectivity index (χ1n) is 10.8. The van der Waals surface area contributed by atoms with Crippen LogP contribution in [-0.4, -0.2) is 36.0 Å².